The molecule has 1 aliphatic rings. The highest BCUT2D eigenvalue weighted by molar-refractivity contribution is 9.09. The van der Waals surface area contributed by atoms with E-state index in [0.717, 1.165) is 23.5 Å². The van der Waals surface area contributed by atoms with E-state index in [1.165, 1.54) is 25.7 Å². The van der Waals surface area contributed by atoms with E-state index in [0.29, 0.717) is 18.5 Å². The SMILES string of the molecule is CCOc1cc(N2CCCCCC2CBr)nc(C)n1. The van der Waals surface area contributed by atoms with Gasteiger partial charge in [0, 0.05) is 24.0 Å². The molecule has 106 valence electrons. The molecule has 2 rings (SSSR count). The average Bonchev–Trinajstić information content (AvgIpc) is 2.63. The molecule has 0 saturated carbocycles. The van der Waals surface area contributed by atoms with Crippen molar-refractivity contribution in [3.8, 4) is 5.88 Å². The molecule has 1 unspecified atom stereocenters. The summed E-state index contributed by atoms with van der Waals surface area (Å²) in [5.41, 5.74) is 0. The number of aryl methyl sites for hydroxylation is 1. The van der Waals surface area contributed by atoms with Crippen molar-refractivity contribution in [1.29, 1.82) is 0 Å². The molecule has 19 heavy (non-hydrogen) atoms. The highest BCUT2D eigenvalue weighted by Gasteiger charge is 2.22. The van der Waals surface area contributed by atoms with Crippen LogP contribution in [0, 0.1) is 6.92 Å². The lowest BCUT2D eigenvalue weighted by Crippen LogP contribution is -2.36. The summed E-state index contributed by atoms with van der Waals surface area (Å²) < 4.78 is 5.53. The van der Waals surface area contributed by atoms with Crippen LogP contribution in [0.4, 0.5) is 5.82 Å². The monoisotopic (exact) mass is 327 g/mol. The molecule has 1 aromatic heterocycles. The molecule has 0 spiro atoms. The lowest BCUT2D eigenvalue weighted by Gasteiger charge is -2.30. The molecule has 1 aliphatic heterocycles. The van der Waals surface area contributed by atoms with Crippen LogP contribution < -0.4 is 9.64 Å². The number of rotatable bonds is 4. The fraction of sp³-hybridized carbons (Fsp3) is 0.714. The number of anilines is 1. The summed E-state index contributed by atoms with van der Waals surface area (Å²) in [5, 5.41) is 0.986. The summed E-state index contributed by atoms with van der Waals surface area (Å²) in [6, 6.07) is 2.49. The predicted molar refractivity (Wildman–Crippen MR) is 81.3 cm³/mol. The molecule has 1 saturated heterocycles. The molecule has 2 heterocycles. The first kappa shape index (κ1) is 14.6. The third-order valence-corrected chi connectivity index (χ3v) is 4.19. The van der Waals surface area contributed by atoms with Gasteiger partial charge in [0.2, 0.25) is 5.88 Å². The van der Waals surface area contributed by atoms with E-state index in [9.17, 15) is 0 Å². The number of hydrogen-bond donors (Lipinski definition) is 0. The maximum Gasteiger partial charge on any atom is 0.218 e. The van der Waals surface area contributed by atoms with Crippen LogP contribution in [0.25, 0.3) is 0 Å². The molecule has 0 aromatic carbocycles. The molecular formula is C14H22BrN3O. The molecule has 5 heteroatoms. The van der Waals surface area contributed by atoms with E-state index in [1.54, 1.807) is 0 Å². The number of aromatic nitrogens is 2. The predicted octanol–water partition coefficient (Wildman–Crippen LogP) is 3.33. The van der Waals surface area contributed by atoms with Gasteiger partial charge in [0.15, 0.2) is 0 Å². The van der Waals surface area contributed by atoms with Gasteiger partial charge in [0.25, 0.3) is 0 Å². The Morgan fingerprint density at radius 2 is 2.21 bits per heavy atom. The van der Waals surface area contributed by atoms with E-state index in [-0.39, 0.29) is 0 Å². The van der Waals surface area contributed by atoms with Crippen molar-refractivity contribution < 1.29 is 4.74 Å². The van der Waals surface area contributed by atoms with Gasteiger partial charge >= 0.3 is 0 Å². The van der Waals surface area contributed by atoms with Crippen molar-refractivity contribution >= 4 is 21.7 Å². The number of alkyl halides is 1. The molecule has 0 radical (unpaired) electrons. The van der Waals surface area contributed by atoms with Gasteiger partial charge in [-0.25, -0.2) is 4.98 Å². The van der Waals surface area contributed by atoms with Gasteiger partial charge in [-0.3, -0.25) is 0 Å². The summed E-state index contributed by atoms with van der Waals surface area (Å²) in [4.78, 5) is 11.3. The quantitative estimate of drug-likeness (QED) is 0.795. The van der Waals surface area contributed by atoms with Crippen LogP contribution in [-0.2, 0) is 0 Å². The second-order valence-electron chi connectivity index (χ2n) is 4.90. The highest BCUT2D eigenvalue weighted by atomic mass is 79.9. The van der Waals surface area contributed by atoms with E-state index in [1.807, 2.05) is 19.9 Å². The minimum atomic E-state index is 0.520. The van der Waals surface area contributed by atoms with Crippen molar-refractivity contribution in [2.45, 2.75) is 45.6 Å². The van der Waals surface area contributed by atoms with Crippen LogP contribution in [0.15, 0.2) is 6.07 Å². The van der Waals surface area contributed by atoms with Gasteiger partial charge in [0.05, 0.1) is 6.61 Å². The Morgan fingerprint density at radius 3 is 2.95 bits per heavy atom. The minimum Gasteiger partial charge on any atom is -0.478 e. The van der Waals surface area contributed by atoms with Crippen LogP contribution in [0.5, 0.6) is 5.88 Å². The zero-order chi connectivity index (χ0) is 13.7. The third kappa shape index (κ3) is 3.81. The first-order chi connectivity index (χ1) is 9.24. The van der Waals surface area contributed by atoms with Crippen LogP contribution in [-0.4, -0.2) is 34.5 Å². The summed E-state index contributed by atoms with van der Waals surface area (Å²) in [7, 11) is 0. The Hall–Kier alpha value is -0.840. The van der Waals surface area contributed by atoms with Gasteiger partial charge in [-0.2, -0.15) is 4.98 Å². The summed E-state index contributed by atoms with van der Waals surface area (Å²) in [6.07, 6.45) is 5.06. The van der Waals surface area contributed by atoms with Gasteiger partial charge in [-0.1, -0.05) is 28.8 Å². The second kappa shape index (κ2) is 7.08. The Balaban J connectivity index is 2.26. The molecule has 1 fully saturated rings. The molecule has 0 amide bonds. The zero-order valence-electron chi connectivity index (χ0n) is 11.7. The van der Waals surface area contributed by atoms with Crippen LogP contribution >= 0.6 is 15.9 Å². The maximum atomic E-state index is 5.53. The Kier molecular flexibility index (Phi) is 5.43. The largest absolute Gasteiger partial charge is 0.478 e. The van der Waals surface area contributed by atoms with Gasteiger partial charge in [0.1, 0.15) is 11.6 Å². The third-order valence-electron chi connectivity index (χ3n) is 3.44. The molecule has 4 nitrogen and oxygen atoms in total. The van der Waals surface area contributed by atoms with Crippen LogP contribution in [0.1, 0.15) is 38.4 Å². The number of halogens is 1. The lowest BCUT2D eigenvalue weighted by molar-refractivity contribution is 0.325. The number of hydrogen-bond acceptors (Lipinski definition) is 4. The van der Waals surface area contributed by atoms with Crippen molar-refractivity contribution in [2.24, 2.45) is 0 Å². The zero-order valence-corrected chi connectivity index (χ0v) is 13.3. The topological polar surface area (TPSA) is 38.2 Å². The normalized spacial score (nSPS) is 20.2. The Morgan fingerprint density at radius 1 is 1.37 bits per heavy atom. The highest BCUT2D eigenvalue weighted by Crippen LogP contribution is 2.26. The van der Waals surface area contributed by atoms with Gasteiger partial charge < -0.3 is 9.64 Å². The van der Waals surface area contributed by atoms with Crippen molar-refractivity contribution in [3.05, 3.63) is 11.9 Å². The molecule has 1 atom stereocenters. The first-order valence-electron chi connectivity index (χ1n) is 7.05. The van der Waals surface area contributed by atoms with Crippen LogP contribution in [0.3, 0.4) is 0 Å². The summed E-state index contributed by atoms with van der Waals surface area (Å²) in [6.45, 7) is 5.60. The van der Waals surface area contributed by atoms with E-state index in [4.69, 9.17) is 4.74 Å². The number of ether oxygens (including phenoxy) is 1. The van der Waals surface area contributed by atoms with Crippen molar-refractivity contribution in [1.82, 2.24) is 9.97 Å². The smallest absolute Gasteiger partial charge is 0.218 e. The molecule has 0 bridgehead atoms. The van der Waals surface area contributed by atoms with Gasteiger partial charge in [-0.05, 0) is 26.7 Å². The van der Waals surface area contributed by atoms with E-state index in [2.05, 4.69) is 30.8 Å². The summed E-state index contributed by atoms with van der Waals surface area (Å²) in [5.74, 6) is 2.46. The molecular weight excluding hydrogens is 306 g/mol. The Bertz CT molecular complexity index is 414. The molecule has 0 aliphatic carbocycles. The maximum absolute atomic E-state index is 5.53. The summed E-state index contributed by atoms with van der Waals surface area (Å²) >= 11 is 3.63. The Labute approximate surface area is 123 Å². The van der Waals surface area contributed by atoms with Gasteiger partial charge in [-0.15, -0.1) is 0 Å². The molecule has 0 N–H and O–H groups in total. The van der Waals surface area contributed by atoms with Crippen molar-refractivity contribution in [3.63, 3.8) is 0 Å². The second-order valence-corrected chi connectivity index (χ2v) is 5.54. The average molecular weight is 328 g/mol. The first-order valence-corrected chi connectivity index (χ1v) is 8.17. The standard InChI is InChI=1S/C14H22BrN3O/c1-3-19-14-9-13(16-11(2)17-14)18-8-6-4-5-7-12(18)10-15/h9,12H,3-8,10H2,1-2H3. The number of nitrogens with zero attached hydrogens (tertiary/aromatic N) is 3. The fourth-order valence-electron chi connectivity index (χ4n) is 2.53. The lowest BCUT2D eigenvalue weighted by atomic mass is 10.1. The van der Waals surface area contributed by atoms with Crippen molar-refractivity contribution in [2.75, 3.05) is 23.4 Å². The van der Waals surface area contributed by atoms with E-state index < -0.39 is 0 Å². The molecule has 1 aromatic rings. The van der Waals surface area contributed by atoms with E-state index >= 15 is 0 Å². The minimum absolute atomic E-state index is 0.520. The fourth-order valence-corrected chi connectivity index (χ4v) is 3.21. The van der Waals surface area contributed by atoms with Crippen LogP contribution in [0.2, 0.25) is 0 Å².